The lowest BCUT2D eigenvalue weighted by molar-refractivity contribution is -0.124. The molecule has 0 unspecified atom stereocenters. The number of aliphatic hydroxyl groups is 4. The van der Waals surface area contributed by atoms with Crippen LogP contribution in [0.15, 0.2) is 0 Å². The molecule has 0 spiro atoms. The molecule has 4 N–H and O–H groups in total. The monoisotopic (exact) mass is 625 g/mol. The lowest BCUT2D eigenvalue weighted by atomic mass is 9.60. The van der Waals surface area contributed by atoms with E-state index in [1.807, 2.05) is 0 Å². The molecule has 0 atom stereocenters. The van der Waals surface area contributed by atoms with Gasteiger partial charge in [-0.05, 0) is 12.8 Å². The van der Waals surface area contributed by atoms with Gasteiger partial charge in [-0.25, -0.2) is 0 Å². The van der Waals surface area contributed by atoms with E-state index in [1.54, 1.807) is 0 Å². The Morgan fingerprint density at radius 3 is 0.432 bits per heavy atom. The summed E-state index contributed by atoms with van der Waals surface area (Å²) in [4.78, 5) is 0. The zero-order chi connectivity index (χ0) is 31.9. The lowest BCUT2D eigenvalue weighted by Crippen LogP contribution is -2.52. The predicted octanol–water partition coefficient (Wildman–Crippen LogP) is 11.2. The highest BCUT2D eigenvalue weighted by molar-refractivity contribution is 4.97. The molecule has 264 valence electrons. The van der Waals surface area contributed by atoms with Crippen LogP contribution >= 0.6 is 0 Å². The Balaban J connectivity index is 2.43. The van der Waals surface area contributed by atoms with Crippen LogP contribution in [-0.2, 0) is 0 Å². The second kappa shape index (κ2) is 30.2. The van der Waals surface area contributed by atoms with E-state index >= 15 is 0 Å². The van der Waals surface area contributed by atoms with E-state index in [-0.39, 0.29) is 26.4 Å². The van der Waals surface area contributed by atoms with E-state index in [4.69, 9.17) is 0 Å². The Morgan fingerprint density at radius 1 is 0.205 bits per heavy atom. The highest BCUT2D eigenvalue weighted by Gasteiger charge is 2.49. The van der Waals surface area contributed by atoms with Crippen molar-refractivity contribution in [2.24, 2.45) is 10.8 Å². The molecule has 0 bridgehead atoms. The van der Waals surface area contributed by atoms with Crippen molar-refractivity contribution in [3.63, 3.8) is 0 Å². The van der Waals surface area contributed by atoms with Gasteiger partial charge >= 0.3 is 0 Å². The molecule has 1 saturated carbocycles. The summed E-state index contributed by atoms with van der Waals surface area (Å²) in [6.07, 6.45) is 44.1. The average molecular weight is 625 g/mol. The van der Waals surface area contributed by atoms with E-state index in [0.717, 1.165) is 25.7 Å². The minimum Gasteiger partial charge on any atom is -0.396 e. The summed E-state index contributed by atoms with van der Waals surface area (Å²) in [5.74, 6) is 0. The standard InChI is InChI=1S/C40H80O4/c41-35-39(36-42)33-31-29-27-25-23-21-19-17-15-13-11-9-7-5-3-1-2-4-6-8-10-12-14-16-18-20-22-24-26-28-30-32-34-40(39,37-43)38-44/h41-44H,1-38H2. The Bertz CT molecular complexity index is 522. The van der Waals surface area contributed by atoms with Crippen LogP contribution in [0, 0.1) is 10.8 Å². The van der Waals surface area contributed by atoms with E-state index in [2.05, 4.69) is 0 Å². The molecule has 0 saturated heterocycles. The molecule has 0 amide bonds. The summed E-state index contributed by atoms with van der Waals surface area (Å²) in [6.45, 7) is -0.704. The Kier molecular flexibility index (Phi) is 28.7. The van der Waals surface area contributed by atoms with Crippen molar-refractivity contribution in [3.05, 3.63) is 0 Å². The maximum atomic E-state index is 10.4. The van der Waals surface area contributed by atoms with Gasteiger partial charge in [-0.1, -0.05) is 205 Å². The van der Waals surface area contributed by atoms with Crippen molar-refractivity contribution in [1.82, 2.24) is 0 Å². The summed E-state index contributed by atoms with van der Waals surface area (Å²) >= 11 is 0. The zero-order valence-corrected chi connectivity index (χ0v) is 29.7. The SMILES string of the molecule is OCC1(CO)CCCCCCCCCCCCCCCCCCCCCCCCCCCCCCCCCCC1(CO)CO. The highest BCUT2D eigenvalue weighted by Crippen LogP contribution is 2.46. The summed E-state index contributed by atoms with van der Waals surface area (Å²) in [5.41, 5.74) is -1.63. The number of hydrogen-bond donors (Lipinski definition) is 4. The maximum Gasteiger partial charge on any atom is 0.0516 e. The largest absolute Gasteiger partial charge is 0.396 e. The number of aliphatic hydroxyl groups excluding tert-OH is 4. The molecule has 0 aromatic carbocycles. The average Bonchev–Trinajstić information content (AvgIpc) is 3.05. The van der Waals surface area contributed by atoms with Crippen molar-refractivity contribution in [1.29, 1.82) is 0 Å². The molecule has 0 aromatic heterocycles. The zero-order valence-electron chi connectivity index (χ0n) is 29.7. The van der Waals surface area contributed by atoms with Gasteiger partial charge in [-0.15, -0.1) is 0 Å². The van der Waals surface area contributed by atoms with Gasteiger partial charge < -0.3 is 20.4 Å². The molecular weight excluding hydrogens is 544 g/mol. The fourth-order valence-corrected chi connectivity index (χ4v) is 7.85. The van der Waals surface area contributed by atoms with Crippen molar-refractivity contribution in [2.75, 3.05) is 26.4 Å². The van der Waals surface area contributed by atoms with Crippen molar-refractivity contribution in [2.45, 2.75) is 218 Å². The predicted molar refractivity (Wildman–Crippen MR) is 190 cm³/mol. The van der Waals surface area contributed by atoms with Crippen LogP contribution in [0.3, 0.4) is 0 Å². The third-order valence-corrected chi connectivity index (χ3v) is 11.4. The Labute approximate surface area is 275 Å². The quantitative estimate of drug-likeness (QED) is 0.251. The molecule has 4 heteroatoms. The molecular formula is C40H80O4. The number of rotatable bonds is 4. The molecule has 1 fully saturated rings. The van der Waals surface area contributed by atoms with Gasteiger partial charge in [0.15, 0.2) is 0 Å². The Morgan fingerprint density at radius 2 is 0.318 bits per heavy atom. The first-order valence-electron chi connectivity index (χ1n) is 20.1. The van der Waals surface area contributed by atoms with Crippen LogP contribution in [0.5, 0.6) is 0 Å². The first kappa shape index (κ1) is 41.9. The molecule has 0 radical (unpaired) electrons. The van der Waals surface area contributed by atoms with Gasteiger partial charge in [0.1, 0.15) is 0 Å². The number of hydrogen-bond acceptors (Lipinski definition) is 4. The minimum atomic E-state index is -0.814. The van der Waals surface area contributed by atoms with E-state index in [1.165, 1.54) is 180 Å². The molecule has 44 heavy (non-hydrogen) atoms. The van der Waals surface area contributed by atoms with Gasteiger partial charge in [0.2, 0.25) is 0 Å². The topological polar surface area (TPSA) is 80.9 Å². The summed E-state index contributed by atoms with van der Waals surface area (Å²) in [5, 5.41) is 41.7. The summed E-state index contributed by atoms with van der Waals surface area (Å²) in [7, 11) is 0. The minimum absolute atomic E-state index is 0.176. The van der Waals surface area contributed by atoms with Crippen molar-refractivity contribution >= 4 is 0 Å². The van der Waals surface area contributed by atoms with Crippen LogP contribution in [0.25, 0.3) is 0 Å². The first-order chi connectivity index (χ1) is 21.7. The summed E-state index contributed by atoms with van der Waals surface area (Å²) < 4.78 is 0. The van der Waals surface area contributed by atoms with Gasteiger partial charge in [0.05, 0.1) is 26.4 Å². The third-order valence-electron chi connectivity index (χ3n) is 11.4. The van der Waals surface area contributed by atoms with Crippen LogP contribution in [0.2, 0.25) is 0 Å². The van der Waals surface area contributed by atoms with Crippen molar-refractivity contribution in [3.8, 4) is 0 Å². The second-order valence-corrected chi connectivity index (χ2v) is 15.0. The van der Waals surface area contributed by atoms with Crippen molar-refractivity contribution < 1.29 is 20.4 Å². The third kappa shape index (κ3) is 19.5. The lowest BCUT2D eigenvalue weighted by Gasteiger charge is -2.47. The smallest absolute Gasteiger partial charge is 0.0516 e. The molecule has 0 aliphatic heterocycles. The molecule has 4 nitrogen and oxygen atoms in total. The fraction of sp³-hybridized carbons (Fsp3) is 1.00. The second-order valence-electron chi connectivity index (χ2n) is 15.0. The van der Waals surface area contributed by atoms with E-state index in [0.29, 0.717) is 12.8 Å². The van der Waals surface area contributed by atoms with Gasteiger partial charge in [0, 0.05) is 10.8 Å². The Hall–Kier alpha value is -0.160. The maximum absolute atomic E-state index is 10.4. The van der Waals surface area contributed by atoms with Gasteiger partial charge in [0.25, 0.3) is 0 Å². The van der Waals surface area contributed by atoms with Crippen LogP contribution in [-0.4, -0.2) is 46.9 Å². The molecule has 1 aliphatic carbocycles. The normalized spacial score (nSPS) is 24.3. The summed E-state index contributed by atoms with van der Waals surface area (Å²) in [6, 6.07) is 0. The fourth-order valence-electron chi connectivity index (χ4n) is 7.85. The molecule has 0 heterocycles. The van der Waals surface area contributed by atoms with Gasteiger partial charge in [-0.2, -0.15) is 0 Å². The molecule has 1 rings (SSSR count). The molecule has 1 aliphatic rings. The van der Waals surface area contributed by atoms with Gasteiger partial charge in [-0.3, -0.25) is 0 Å². The van der Waals surface area contributed by atoms with Crippen LogP contribution in [0.1, 0.15) is 218 Å². The van der Waals surface area contributed by atoms with E-state index in [9.17, 15) is 20.4 Å². The van der Waals surface area contributed by atoms with Crippen LogP contribution in [0.4, 0.5) is 0 Å². The van der Waals surface area contributed by atoms with E-state index < -0.39 is 10.8 Å². The molecule has 0 aromatic rings. The first-order valence-corrected chi connectivity index (χ1v) is 20.1. The highest BCUT2D eigenvalue weighted by atomic mass is 16.3. The van der Waals surface area contributed by atoms with Crippen LogP contribution < -0.4 is 0 Å².